The summed E-state index contributed by atoms with van der Waals surface area (Å²) < 4.78 is 5.20. The number of carboxylic acids is 1. The smallest absolute Gasteiger partial charge is 0.318 e. The lowest BCUT2D eigenvalue weighted by molar-refractivity contribution is -0.137. The molecule has 0 aromatic heterocycles. The molecular weight excluding hydrogens is 252 g/mol. The van der Waals surface area contributed by atoms with Crippen LogP contribution in [-0.4, -0.2) is 65.6 Å². The average Bonchev–Trinajstić information content (AvgIpc) is 2.38. The van der Waals surface area contributed by atoms with Crippen LogP contribution in [0.3, 0.4) is 0 Å². The van der Waals surface area contributed by atoms with Gasteiger partial charge in [-0.05, 0) is 19.8 Å². The second-order valence-electron chi connectivity index (χ2n) is 4.74. The van der Waals surface area contributed by atoms with Crippen molar-refractivity contribution in [3.05, 3.63) is 0 Å². The van der Waals surface area contributed by atoms with E-state index in [1.807, 2.05) is 6.92 Å². The van der Waals surface area contributed by atoms with Gasteiger partial charge < -0.3 is 25.2 Å². The van der Waals surface area contributed by atoms with Gasteiger partial charge in [0.05, 0.1) is 25.9 Å². The first-order valence-corrected chi connectivity index (χ1v) is 6.52. The number of morpholine rings is 1. The van der Waals surface area contributed by atoms with Crippen molar-refractivity contribution in [3.8, 4) is 0 Å². The first-order valence-electron chi connectivity index (χ1n) is 6.52. The van der Waals surface area contributed by atoms with Gasteiger partial charge >= 0.3 is 12.0 Å². The average molecular weight is 274 g/mol. The van der Waals surface area contributed by atoms with Crippen molar-refractivity contribution in [3.63, 3.8) is 0 Å². The van der Waals surface area contributed by atoms with Crippen LogP contribution in [-0.2, 0) is 9.53 Å². The minimum absolute atomic E-state index is 0.0889. The minimum Gasteiger partial charge on any atom is -0.481 e. The highest BCUT2D eigenvalue weighted by Crippen LogP contribution is 2.08. The van der Waals surface area contributed by atoms with Gasteiger partial charge in [-0.3, -0.25) is 4.79 Å². The zero-order valence-electron chi connectivity index (χ0n) is 11.2. The quantitative estimate of drug-likeness (QED) is 0.635. The lowest BCUT2D eigenvalue weighted by Crippen LogP contribution is -2.55. The van der Waals surface area contributed by atoms with E-state index in [9.17, 15) is 14.7 Å². The zero-order valence-corrected chi connectivity index (χ0v) is 11.2. The Morgan fingerprint density at radius 3 is 2.89 bits per heavy atom. The standard InChI is InChI=1S/C12H22N2O5/c1-9(3-2-4-11(16)17)13-12(18)14-5-6-19-8-10(14)7-15/h9-10,15H,2-8H2,1H3,(H,13,18)(H,16,17). The number of hydrogen-bond acceptors (Lipinski definition) is 4. The fourth-order valence-electron chi connectivity index (χ4n) is 2.00. The van der Waals surface area contributed by atoms with Crippen LogP contribution in [0.15, 0.2) is 0 Å². The highest BCUT2D eigenvalue weighted by molar-refractivity contribution is 5.75. The summed E-state index contributed by atoms with van der Waals surface area (Å²) in [6, 6.07) is -0.626. The van der Waals surface area contributed by atoms with E-state index in [1.54, 1.807) is 4.90 Å². The predicted molar refractivity (Wildman–Crippen MR) is 67.9 cm³/mol. The number of rotatable bonds is 6. The number of carbonyl (C=O) groups excluding carboxylic acids is 1. The van der Waals surface area contributed by atoms with E-state index >= 15 is 0 Å². The van der Waals surface area contributed by atoms with E-state index in [1.165, 1.54) is 0 Å². The molecular formula is C12H22N2O5. The number of carboxylic acid groups (broad SMARTS) is 1. The van der Waals surface area contributed by atoms with Crippen LogP contribution in [0.2, 0.25) is 0 Å². The molecule has 3 N–H and O–H groups in total. The normalized spacial score (nSPS) is 20.9. The SMILES string of the molecule is CC(CCCC(=O)O)NC(=O)N1CCOCC1CO. The molecule has 1 aliphatic rings. The fraction of sp³-hybridized carbons (Fsp3) is 0.833. The van der Waals surface area contributed by atoms with Crippen molar-refractivity contribution in [2.75, 3.05) is 26.4 Å². The van der Waals surface area contributed by atoms with E-state index < -0.39 is 5.97 Å². The lowest BCUT2D eigenvalue weighted by atomic mass is 10.1. The molecule has 19 heavy (non-hydrogen) atoms. The molecule has 1 saturated heterocycles. The molecule has 1 rings (SSSR count). The molecule has 0 aromatic carbocycles. The summed E-state index contributed by atoms with van der Waals surface area (Å²) in [7, 11) is 0. The lowest BCUT2D eigenvalue weighted by Gasteiger charge is -2.35. The molecule has 0 saturated carbocycles. The molecule has 0 aromatic rings. The first-order chi connectivity index (χ1) is 9.04. The summed E-state index contributed by atoms with van der Waals surface area (Å²) in [5.41, 5.74) is 0. The van der Waals surface area contributed by atoms with Gasteiger partial charge in [0, 0.05) is 19.0 Å². The van der Waals surface area contributed by atoms with Gasteiger partial charge in [0.25, 0.3) is 0 Å². The van der Waals surface area contributed by atoms with Gasteiger partial charge in [-0.2, -0.15) is 0 Å². The molecule has 2 unspecified atom stereocenters. The highest BCUT2D eigenvalue weighted by atomic mass is 16.5. The van der Waals surface area contributed by atoms with E-state index in [-0.39, 0.29) is 31.1 Å². The summed E-state index contributed by atoms with van der Waals surface area (Å²) in [5.74, 6) is -0.827. The fourth-order valence-corrected chi connectivity index (χ4v) is 2.00. The van der Waals surface area contributed by atoms with Crippen molar-refractivity contribution in [1.82, 2.24) is 10.2 Å². The first kappa shape index (κ1) is 15.7. The van der Waals surface area contributed by atoms with Crippen molar-refractivity contribution in [2.45, 2.75) is 38.3 Å². The maximum atomic E-state index is 12.0. The molecule has 0 radical (unpaired) electrons. The second-order valence-corrected chi connectivity index (χ2v) is 4.74. The molecule has 7 nitrogen and oxygen atoms in total. The third-order valence-electron chi connectivity index (χ3n) is 3.10. The van der Waals surface area contributed by atoms with E-state index in [4.69, 9.17) is 9.84 Å². The Morgan fingerprint density at radius 1 is 1.53 bits per heavy atom. The van der Waals surface area contributed by atoms with Crippen LogP contribution in [0.4, 0.5) is 4.79 Å². The Morgan fingerprint density at radius 2 is 2.26 bits per heavy atom. The van der Waals surface area contributed by atoms with Crippen LogP contribution >= 0.6 is 0 Å². The van der Waals surface area contributed by atoms with Crippen LogP contribution in [0.5, 0.6) is 0 Å². The molecule has 110 valence electrons. The maximum absolute atomic E-state index is 12.0. The molecule has 1 aliphatic heterocycles. The van der Waals surface area contributed by atoms with Crippen molar-refractivity contribution >= 4 is 12.0 Å². The van der Waals surface area contributed by atoms with Gasteiger partial charge in [0.2, 0.25) is 0 Å². The molecule has 1 heterocycles. The van der Waals surface area contributed by atoms with Crippen molar-refractivity contribution in [2.24, 2.45) is 0 Å². The number of amides is 2. The number of urea groups is 1. The number of carbonyl (C=O) groups is 2. The molecule has 0 spiro atoms. The Kier molecular flexibility index (Phi) is 6.58. The second kappa shape index (κ2) is 7.96. The summed E-state index contributed by atoms with van der Waals surface area (Å²) in [4.78, 5) is 24.0. The third kappa shape index (κ3) is 5.44. The number of aliphatic hydroxyl groups is 1. The van der Waals surface area contributed by atoms with Gasteiger partial charge in [-0.25, -0.2) is 4.79 Å². The summed E-state index contributed by atoms with van der Waals surface area (Å²) in [5, 5.41) is 20.5. The molecule has 2 atom stereocenters. The van der Waals surface area contributed by atoms with Crippen LogP contribution in [0.1, 0.15) is 26.2 Å². The predicted octanol–water partition coefficient (Wildman–Crippen LogP) is 0.0325. The Hall–Kier alpha value is -1.34. The number of ether oxygens (including phenoxy) is 1. The van der Waals surface area contributed by atoms with Crippen molar-refractivity contribution in [1.29, 1.82) is 0 Å². The van der Waals surface area contributed by atoms with Gasteiger partial charge in [0.15, 0.2) is 0 Å². The number of aliphatic carboxylic acids is 1. The zero-order chi connectivity index (χ0) is 14.3. The molecule has 0 bridgehead atoms. The van der Waals surface area contributed by atoms with Gasteiger partial charge in [-0.15, -0.1) is 0 Å². The van der Waals surface area contributed by atoms with E-state index in [2.05, 4.69) is 5.32 Å². The molecule has 7 heteroatoms. The summed E-state index contributed by atoms with van der Waals surface area (Å²) in [6.45, 7) is 2.99. The Labute approximate surface area is 112 Å². The summed E-state index contributed by atoms with van der Waals surface area (Å²) >= 11 is 0. The third-order valence-corrected chi connectivity index (χ3v) is 3.10. The molecule has 1 fully saturated rings. The van der Waals surface area contributed by atoms with Gasteiger partial charge in [-0.1, -0.05) is 0 Å². The number of nitrogens with one attached hydrogen (secondary N) is 1. The van der Waals surface area contributed by atoms with Crippen LogP contribution in [0.25, 0.3) is 0 Å². The monoisotopic (exact) mass is 274 g/mol. The molecule has 2 amide bonds. The van der Waals surface area contributed by atoms with Crippen molar-refractivity contribution < 1.29 is 24.5 Å². The Balaban J connectivity index is 2.33. The largest absolute Gasteiger partial charge is 0.481 e. The Bertz CT molecular complexity index is 310. The van der Waals surface area contributed by atoms with Crippen LogP contribution in [0, 0.1) is 0 Å². The number of nitrogens with zero attached hydrogens (tertiary/aromatic N) is 1. The topological polar surface area (TPSA) is 99.1 Å². The number of aliphatic hydroxyl groups excluding tert-OH is 1. The van der Waals surface area contributed by atoms with Crippen LogP contribution < -0.4 is 5.32 Å². The minimum atomic E-state index is -0.827. The molecule has 0 aliphatic carbocycles. The highest BCUT2D eigenvalue weighted by Gasteiger charge is 2.27. The summed E-state index contributed by atoms with van der Waals surface area (Å²) in [6.07, 6.45) is 1.26. The van der Waals surface area contributed by atoms with E-state index in [0.717, 1.165) is 0 Å². The maximum Gasteiger partial charge on any atom is 0.318 e. The van der Waals surface area contributed by atoms with E-state index in [0.29, 0.717) is 32.6 Å². The van der Waals surface area contributed by atoms with Gasteiger partial charge in [0.1, 0.15) is 0 Å². The number of hydrogen-bond donors (Lipinski definition) is 3.